The second-order valence-corrected chi connectivity index (χ2v) is 7.64. The van der Waals surface area contributed by atoms with Gasteiger partial charge in [-0.1, -0.05) is 41.9 Å². The zero-order chi connectivity index (χ0) is 19.7. The van der Waals surface area contributed by atoms with Gasteiger partial charge in [0.2, 0.25) is 0 Å². The van der Waals surface area contributed by atoms with Crippen LogP contribution >= 0.6 is 11.6 Å². The Hall–Kier alpha value is -2.98. The monoisotopic (exact) mass is 393 g/mol. The Bertz CT molecular complexity index is 969. The van der Waals surface area contributed by atoms with E-state index in [9.17, 15) is 4.79 Å². The summed E-state index contributed by atoms with van der Waals surface area (Å²) in [6.45, 7) is 3.86. The van der Waals surface area contributed by atoms with Crippen LogP contribution in [0.25, 0.3) is 0 Å². The van der Waals surface area contributed by atoms with Crippen LogP contribution in [0.15, 0.2) is 78.9 Å². The van der Waals surface area contributed by atoms with Gasteiger partial charge in [-0.15, -0.1) is 0 Å². The summed E-state index contributed by atoms with van der Waals surface area (Å²) in [6.07, 6.45) is -0.356. The Morgan fingerprint density at radius 2 is 1.46 bits per heavy atom. The third-order valence-electron chi connectivity index (χ3n) is 4.74. The van der Waals surface area contributed by atoms with Crippen molar-refractivity contribution in [1.29, 1.82) is 0 Å². The molecule has 1 heterocycles. The number of cyclic esters (lactones) is 1. The van der Waals surface area contributed by atoms with E-state index in [1.54, 1.807) is 17.0 Å². The van der Waals surface area contributed by atoms with E-state index >= 15 is 0 Å². The number of carbonyl (C=O) groups is 1. The molecule has 0 saturated carbocycles. The van der Waals surface area contributed by atoms with E-state index in [1.807, 2.05) is 80.6 Å². The van der Waals surface area contributed by atoms with Crippen molar-refractivity contribution in [1.82, 2.24) is 0 Å². The minimum atomic E-state index is -0.642. The molecule has 0 radical (unpaired) electrons. The van der Waals surface area contributed by atoms with Crippen LogP contribution in [0.1, 0.15) is 25.5 Å². The molecule has 142 valence electrons. The van der Waals surface area contributed by atoms with Gasteiger partial charge in [-0.2, -0.15) is 0 Å². The average molecular weight is 394 g/mol. The number of rotatable bonds is 4. The summed E-state index contributed by atoms with van der Waals surface area (Å²) < 4.78 is 11.5. The van der Waals surface area contributed by atoms with Gasteiger partial charge in [-0.3, -0.25) is 4.90 Å². The molecule has 5 heteroatoms. The maximum Gasteiger partial charge on any atom is 0.415 e. The van der Waals surface area contributed by atoms with Gasteiger partial charge in [-0.05, 0) is 67.9 Å². The van der Waals surface area contributed by atoms with Gasteiger partial charge >= 0.3 is 6.09 Å². The lowest BCUT2D eigenvalue weighted by Gasteiger charge is -2.29. The molecule has 0 spiro atoms. The Morgan fingerprint density at radius 3 is 2.07 bits per heavy atom. The Morgan fingerprint density at radius 1 is 0.893 bits per heavy atom. The fraction of sp³-hybridized carbons (Fsp3) is 0.174. The van der Waals surface area contributed by atoms with Gasteiger partial charge < -0.3 is 9.47 Å². The molecule has 0 N–H and O–H groups in total. The molecule has 3 aromatic rings. The van der Waals surface area contributed by atoms with E-state index < -0.39 is 5.60 Å². The predicted molar refractivity (Wildman–Crippen MR) is 110 cm³/mol. The summed E-state index contributed by atoms with van der Waals surface area (Å²) >= 11 is 5.90. The number of benzene rings is 3. The van der Waals surface area contributed by atoms with Crippen LogP contribution in [-0.4, -0.2) is 11.7 Å². The third-order valence-corrected chi connectivity index (χ3v) is 5.00. The smallest absolute Gasteiger partial charge is 0.415 e. The molecule has 0 unspecified atom stereocenters. The van der Waals surface area contributed by atoms with E-state index in [4.69, 9.17) is 21.1 Å². The SMILES string of the molecule is CC1(C)OC(=O)N(c2ccc(Oc3ccc(Cl)cc3)cc2)[C@H]1c1ccccc1. The summed E-state index contributed by atoms with van der Waals surface area (Å²) in [5, 5.41) is 0.657. The molecule has 4 nitrogen and oxygen atoms in total. The van der Waals surface area contributed by atoms with Gasteiger partial charge in [-0.25, -0.2) is 4.79 Å². The zero-order valence-corrected chi connectivity index (χ0v) is 16.4. The highest BCUT2D eigenvalue weighted by Crippen LogP contribution is 2.44. The van der Waals surface area contributed by atoms with Crippen LogP contribution in [0.5, 0.6) is 11.5 Å². The first-order valence-corrected chi connectivity index (χ1v) is 9.42. The second kappa shape index (κ2) is 7.21. The van der Waals surface area contributed by atoms with Crippen molar-refractivity contribution in [3.63, 3.8) is 0 Å². The Labute approximate surface area is 169 Å². The molecule has 0 bridgehead atoms. The number of hydrogen-bond donors (Lipinski definition) is 0. The van der Waals surface area contributed by atoms with Gasteiger partial charge in [0.05, 0.1) is 0 Å². The second-order valence-electron chi connectivity index (χ2n) is 7.20. The Kier molecular flexibility index (Phi) is 4.73. The van der Waals surface area contributed by atoms with Crippen LogP contribution in [0.4, 0.5) is 10.5 Å². The van der Waals surface area contributed by atoms with Gasteiger partial charge in [0.25, 0.3) is 0 Å². The number of anilines is 1. The Balaban J connectivity index is 1.61. The third kappa shape index (κ3) is 3.56. The number of amides is 1. The summed E-state index contributed by atoms with van der Waals surface area (Å²) in [5.41, 5.74) is 1.14. The summed E-state index contributed by atoms with van der Waals surface area (Å²) in [6, 6.07) is 24.3. The number of halogens is 1. The first-order chi connectivity index (χ1) is 13.4. The highest BCUT2D eigenvalue weighted by atomic mass is 35.5. The molecule has 1 aliphatic heterocycles. The van der Waals surface area contributed by atoms with Crippen molar-refractivity contribution in [2.75, 3.05) is 4.90 Å². The molecule has 1 atom stereocenters. The molecule has 3 aromatic carbocycles. The molecular weight excluding hydrogens is 374 g/mol. The molecule has 0 aliphatic carbocycles. The van der Waals surface area contributed by atoms with Crippen LogP contribution in [0.2, 0.25) is 5.02 Å². The van der Waals surface area contributed by atoms with Crippen LogP contribution in [-0.2, 0) is 4.74 Å². The van der Waals surface area contributed by atoms with E-state index in [1.165, 1.54) is 0 Å². The van der Waals surface area contributed by atoms with Crippen molar-refractivity contribution >= 4 is 23.4 Å². The maximum absolute atomic E-state index is 12.6. The largest absolute Gasteiger partial charge is 0.457 e. The first-order valence-electron chi connectivity index (χ1n) is 9.05. The number of nitrogens with zero attached hydrogens (tertiary/aromatic N) is 1. The summed E-state index contributed by atoms with van der Waals surface area (Å²) in [7, 11) is 0. The minimum Gasteiger partial charge on any atom is -0.457 e. The maximum atomic E-state index is 12.6. The summed E-state index contributed by atoms with van der Waals surface area (Å²) in [4.78, 5) is 14.3. The predicted octanol–water partition coefficient (Wildman–Crippen LogP) is 6.61. The van der Waals surface area contributed by atoms with E-state index in [0.717, 1.165) is 11.3 Å². The molecule has 4 rings (SSSR count). The van der Waals surface area contributed by atoms with E-state index in [0.29, 0.717) is 16.5 Å². The lowest BCUT2D eigenvalue weighted by molar-refractivity contribution is 0.0685. The van der Waals surface area contributed by atoms with Crippen molar-refractivity contribution < 1.29 is 14.3 Å². The first kappa shape index (κ1) is 18.4. The van der Waals surface area contributed by atoms with E-state index in [2.05, 4.69) is 0 Å². The van der Waals surface area contributed by atoms with Crippen LogP contribution in [0.3, 0.4) is 0 Å². The van der Waals surface area contributed by atoms with Crippen molar-refractivity contribution in [3.8, 4) is 11.5 Å². The average Bonchev–Trinajstić information content (AvgIpc) is 2.93. The van der Waals surface area contributed by atoms with E-state index in [-0.39, 0.29) is 12.1 Å². The van der Waals surface area contributed by atoms with Gasteiger partial charge in [0.15, 0.2) is 0 Å². The van der Waals surface area contributed by atoms with Crippen molar-refractivity contribution in [3.05, 3.63) is 89.4 Å². The van der Waals surface area contributed by atoms with Crippen LogP contribution < -0.4 is 9.64 Å². The number of hydrogen-bond acceptors (Lipinski definition) is 3. The highest BCUT2D eigenvalue weighted by molar-refractivity contribution is 6.30. The highest BCUT2D eigenvalue weighted by Gasteiger charge is 2.49. The number of ether oxygens (including phenoxy) is 2. The quantitative estimate of drug-likeness (QED) is 0.500. The normalized spacial score (nSPS) is 18.0. The van der Waals surface area contributed by atoms with Crippen molar-refractivity contribution in [2.24, 2.45) is 0 Å². The lowest BCUT2D eigenvalue weighted by Crippen LogP contribution is -2.33. The fourth-order valence-corrected chi connectivity index (χ4v) is 3.63. The minimum absolute atomic E-state index is 0.218. The molecule has 28 heavy (non-hydrogen) atoms. The molecule has 1 amide bonds. The summed E-state index contributed by atoms with van der Waals surface area (Å²) in [5.74, 6) is 1.37. The molecule has 1 fully saturated rings. The standard InChI is InChI=1S/C23H20ClNO3/c1-23(2)21(16-6-4-3-5-7-16)25(22(26)28-23)18-10-14-20(15-11-18)27-19-12-8-17(24)9-13-19/h3-15,21H,1-2H3/t21-/m0/s1. The molecular formula is C23H20ClNO3. The lowest BCUT2D eigenvalue weighted by atomic mass is 9.91. The van der Waals surface area contributed by atoms with Gasteiger partial charge in [0, 0.05) is 10.7 Å². The van der Waals surface area contributed by atoms with Crippen LogP contribution in [0, 0.1) is 0 Å². The number of carbonyl (C=O) groups excluding carboxylic acids is 1. The topological polar surface area (TPSA) is 38.8 Å². The fourth-order valence-electron chi connectivity index (χ4n) is 3.50. The molecule has 1 aliphatic rings. The zero-order valence-electron chi connectivity index (χ0n) is 15.6. The molecule has 1 saturated heterocycles. The molecule has 0 aromatic heterocycles. The van der Waals surface area contributed by atoms with Gasteiger partial charge in [0.1, 0.15) is 23.1 Å². The van der Waals surface area contributed by atoms with Crippen molar-refractivity contribution in [2.45, 2.75) is 25.5 Å².